The lowest BCUT2D eigenvalue weighted by molar-refractivity contribution is -0.192. The van der Waals surface area contributed by atoms with E-state index in [4.69, 9.17) is 20.1 Å². The number of alkyl halides is 3. The number of hydrogen-bond donors (Lipinski definition) is 5. The lowest BCUT2D eigenvalue weighted by atomic mass is 10.7. The molecule has 0 aromatic rings. The Labute approximate surface area is 93.0 Å². The van der Waals surface area contributed by atoms with E-state index < -0.39 is 24.3 Å². The fourth-order valence-electron chi connectivity index (χ4n) is 0. The van der Waals surface area contributed by atoms with E-state index in [0.29, 0.717) is 0 Å². The van der Waals surface area contributed by atoms with Crippen LogP contribution in [0.25, 0.3) is 0 Å². The van der Waals surface area contributed by atoms with Gasteiger partial charge in [0.25, 0.3) is 0 Å². The highest BCUT2D eigenvalue weighted by Crippen LogP contribution is 2.13. The Hall–Kier alpha value is -2.20. The predicted molar refractivity (Wildman–Crippen MR) is 47.9 cm³/mol. The first-order valence-corrected chi connectivity index (χ1v) is 3.60. The number of rotatable bonds is 0. The Kier molecular flexibility index (Phi) is 12.3. The molecule has 11 heteroatoms. The number of hydrogen-bond acceptors (Lipinski definition) is 3. The van der Waals surface area contributed by atoms with Gasteiger partial charge in [0.2, 0.25) is 0 Å². The number of carboxylic acids is 1. The number of amides is 2. The topological polar surface area (TPSA) is 136 Å². The lowest BCUT2D eigenvalue weighted by Crippen LogP contribution is -2.21. The minimum Gasteiger partial charge on any atom is -0.475 e. The van der Waals surface area contributed by atoms with Crippen molar-refractivity contribution in [2.75, 3.05) is 14.1 Å². The van der Waals surface area contributed by atoms with Crippen molar-refractivity contribution in [3.05, 3.63) is 0 Å². The Morgan fingerprint density at radius 2 is 1.00 bits per heavy atom. The highest BCUT2D eigenvalue weighted by molar-refractivity contribution is 5.73. The predicted octanol–water partition coefficient (Wildman–Crippen LogP) is 0.401. The highest BCUT2D eigenvalue weighted by atomic mass is 19.4. The van der Waals surface area contributed by atoms with Crippen LogP contribution in [-0.4, -0.2) is 53.7 Å². The van der Waals surface area contributed by atoms with Gasteiger partial charge < -0.3 is 26.0 Å². The van der Waals surface area contributed by atoms with Gasteiger partial charge in [-0.3, -0.25) is 0 Å². The molecule has 0 radical (unpaired) electrons. The maximum atomic E-state index is 10.6. The number of halogens is 3. The van der Waals surface area contributed by atoms with Crippen molar-refractivity contribution in [3.8, 4) is 0 Å². The fourth-order valence-corrected chi connectivity index (χ4v) is 0. The first kappa shape index (κ1) is 20.2. The molecule has 8 nitrogen and oxygen atoms in total. The molecular formula is C6H11F3N2O6. The maximum absolute atomic E-state index is 10.6. The molecule has 0 spiro atoms. The summed E-state index contributed by atoms with van der Waals surface area (Å²) in [4.78, 5) is 27.4. The van der Waals surface area contributed by atoms with Crippen LogP contribution >= 0.6 is 0 Å². The molecule has 0 aliphatic carbocycles. The number of nitrogens with one attached hydrogen (secondary N) is 2. The van der Waals surface area contributed by atoms with Gasteiger partial charge in [-0.1, -0.05) is 0 Å². The van der Waals surface area contributed by atoms with Crippen LogP contribution in [0.1, 0.15) is 0 Å². The van der Waals surface area contributed by atoms with Gasteiger partial charge >= 0.3 is 24.3 Å². The van der Waals surface area contributed by atoms with Crippen molar-refractivity contribution in [2.24, 2.45) is 0 Å². The molecule has 2 amide bonds. The molecule has 0 bridgehead atoms. The Morgan fingerprint density at radius 3 is 1.00 bits per heavy atom. The molecule has 0 saturated heterocycles. The molecule has 0 aliphatic rings. The maximum Gasteiger partial charge on any atom is 0.490 e. The number of aliphatic carboxylic acids is 1. The third-order valence-electron chi connectivity index (χ3n) is 0.670. The third kappa shape index (κ3) is 31.6. The molecule has 0 fully saturated rings. The van der Waals surface area contributed by atoms with Crippen LogP contribution in [0.2, 0.25) is 0 Å². The van der Waals surface area contributed by atoms with Gasteiger partial charge in [0.1, 0.15) is 0 Å². The quantitative estimate of drug-likeness (QED) is 0.429. The van der Waals surface area contributed by atoms with E-state index in [1.807, 2.05) is 10.6 Å². The minimum atomic E-state index is -5.08. The summed E-state index contributed by atoms with van der Waals surface area (Å²) in [6.45, 7) is 0. The van der Waals surface area contributed by atoms with E-state index in [-0.39, 0.29) is 0 Å². The molecule has 0 saturated carbocycles. The van der Waals surface area contributed by atoms with Gasteiger partial charge in [-0.2, -0.15) is 13.2 Å². The Bertz CT molecular complexity index is 241. The number of carboxylic acid groups (broad SMARTS) is 3. The van der Waals surface area contributed by atoms with Crippen molar-refractivity contribution in [3.63, 3.8) is 0 Å². The summed E-state index contributed by atoms with van der Waals surface area (Å²) in [5, 5.41) is 26.2. The molecule has 0 aliphatic heterocycles. The molecule has 0 heterocycles. The van der Waals surface area contributed by atoms with Crippen LogP contribution in [0.5, 0.6) is 0 Å². The van der Waals surface area contributed by atoms with Gasteiger partial charge in [0, 0.05) is 14.1 Å². The SMILES string of the molecule is CNC(=O)O.CNC(=O)O.O=C(O)C(F)(F)F. The molecule has 17 heavy (non-hydrogen) atoms. The lowest BCUT2D eigenvalue weighted by Gasteiger charge is -1.93. The van der Waals surface area contributed by atoms with Gasteiger partial charge in [-0.25, -0.2) is 14.4 Å². The van der Waals surface area contributed by atoms with Crippen molar-refractivity contribution >= 4 is 18.2 Å². The smallest absolute Gasteiger partial charge is 0.475 e. The summed E-state index contributed by atoms with van der Waals surface area (Å²) in [7, 11) is 2.70. The molecule has 0 unspecified atom stereocenters. The summed E-state index contributed by atoms with van der Waals surface area (Å²) in [6, 6.07) is 0. The second kappa shape index (κ2) is 10.3. The fraction of sp³-hybridized carbons (Fsp3) is 0.500. The molecule has 0 atom stereocenters. The normalized spacial score (nSPS) is 8.53. The van der Waals surface area contributed by atoms with E-state index in [9.17, 15) is 22.8 Å². The van der Waals surface area contributed by atoms with Crippen molar-refractivity contribution < 1.29 is 42.9 Å². The van der Waals surface area contributed by atoms with Gasteiger partial charge in [0.15, 0.2) is 0 Å². The third-order valence-corrected chi connectivity index (χ3v) is 0.670. The Balaban J connectivity index is -0.000000177. The van der Waals surface area contributed by atoms with Crippen LogP contribution in [0.3, 0.4) is 0 Å². The van der Waals surface area contributed by atoms with Crippen molar-refractivity contribution in [1.29, 1.82) is 0 Å². The van der Waals surface area contributed by atoms with E-state index >= 15 is 0 Å². The van der Waals surface area contributed by atoms with Crippen LogP contribution in [0.15, 0.2) is 0 Å². The monoisotopic (exact) mass is 264 g/mol. The van der Waals surface area contributed by atoms with Crippen LogP contribution in [-0.2, 0) is 4.79 Å². The average Bonchev–Trinajstić information content (AvgIpc) is 2.18. The van der Waals surface area contributed by atoms with Gasteiger partial charge in [-0.05, 0) is 0 Å². The van der Waals surface area contributed by atoms with E-state index in [2.05, 4.69) is 0 Å². The first-order valence-electron chi connectivity index (χ1n) is 3.60. The molecule has 0 aromatic carbocycles. The minimum absolute atomic E-state index is 0.995. The first-order chi connectivity index (χ1) is 7.48. The van der Waals surface area contributed by atoms with Gasteiger partial charge in [0.05, 0.1) is 0 Å². The summed E-state index contributed by atoms with van der Waals surface area (Å²) in [5.74, 6) is -2.76. The van der Waals surface area contributed by atoms with E-state index in [0.717, 1.165) is 0 Å². The van der Waals surface area contributed by atoms with E-state index in [1.54, 1.807) is 0 Å². The van der Waals surface area contributed by atoms with Crippen molar-refractivity contribution in [2.45, 2.75) is 6.18 Å². The zero-order chi connectivity index (χ0) is 14.6. The standard InChI is InChI=1S/C2HF3O2.2C2H5NO2/c3-2(4,5)1(6)7;2*1-3-2(4)5/h(H,6,7);2*3H,1H3,(H,4,5). The highest BCUT2D eigenvalue weighted by Gasteiger charge is 2.38. The second-order valence-electron chi connectivity index (χ2n) is 1.91. The summed E-state index contributed by atoms with van der Waals surface area (Å²) in [5.41, 5.74) is 0. The molecular weight excluding hydrogens is 253 g/mol. The van der Waals surface area contributed by atoms with E-state index in [1.165, 1.54) is 14.1 Å². The van der Waals surface area contributed by atoms with Gasteiger partial charge in [-0.15, -0.1) is 0 Å². The summed E-state index contributed by atoms with van der Waals surface area (Å²) >= 11 is 0. The largest absolute Gasteiger partial charge is 0.490 e. The van der Waals surface area contributed by atoms with Crippen LogP contribution < -0.4 is 10.6 Å². The Morgan fingerprint density at radius 1 is 0.882 bits per heavy atom. The zero-order valence-corrected chi connectivity index (χ0v) is 8.70. The molecule has 0 aromatic heterocycles. The summed E-state index contributed by atoms with van der Waals surface area (Å²) in [6.07, 6.45) is -7.07. The summed E-state index contributed by atoms with van der Waals surface area (Å²) < 4.78 is 31.7. The average molecular weight is 264 g/mol. The number of carbonyl (C=O) groups is 3. The molecule has 102 valence electrons. The zero-order valence-electron chi connectivity index (χ0n) is 8.70. The van der Waals surface area contributed by atoms with Crippen LogP contribution in [0, 0.1) is 0 Å². The second-order valence-corrected chi connectivity index (χ2v) is 1.91. The molecule has 5 N–H and O–H groups in total. The van der Waals surface area contributed by atoms with Crippen molar-refractivity contribution in [1.82, 2.24) is 10.6 Å². The van der Waals surface area contributed by atoms with Crippen LogP contribution in [0.4, 0.5) is 22.8 Å². The molecule has 0 rings (SSSR count).